The fourth-order valence-electron chi connectivity index (χ4n) is 2.82. The number of aryl methyl sites for hydroxylation is 3. The molecule has 20 heavy (non-hydrogen) atoms. The average Bonchev–Trinajstić information content (AvgIpc) is 3.19. The van der Waals surface area contributed by atoms with Crippen molar-refractivity contribution in [3.8, 4) is 17.3 Å². The first-order valence-corrected chi connectivity index (χ1v) is 6.89. The lowest BCUT2D eigenvalue weighted by molar-refractivity contribution is 0.798. The van der Waals surface area contributed by atoms with E-state index >= 15 is 0 Å². The molecule has 1 aliphatic carbocycles. The molecule has 0 bridgehead atoms. The largest absolute Gasteiger partial charge is 0.240 e. The minimum absolute atomic E-state index is 0.428. The third kappa shape index (κ3) is 1.98. The zero-order valence-electron chi connectivity index (χ0n) is 12.1. The zero-order valence-corrected chi connectivity index (χ0v) is 12.1. The van der Waals surface area contributed by atoms with Crippen molar-refractivity contribution in [2.45, 2.75) is 39.0 Å². The van der Waals surface area contributed by atoms with E-state index in [1.54, 1.807) is 6.20 Å². The van der Waals surface area contributed by atoms with E-state index in [2.05, 4.69) is 48.9 Å². The van der Waals surface area contributed by atoms with Crippen LogP contribution in [0.2, 0.25) is 0 Å². The molecular weight excluding hydrogens is 246 g/mol. The first kappa shape index (κ1) is 12.8. The van der Waals surface area contributed by atoms with Crippen LogP contribution in [0, 0.1) is 32.1 Å². The Bertz CT molecular complexity index is 698. The van der Waals surface area contributed by atoms with Gasteiger partial charge < -0.3 is 0 Å². The highest BCUT2D eigenvalue weighted by molar-refractivity contribution is 5.68. The first-order chi connectivity index (χ1) is 9.55. The number of nitriles is 1. The van der Waals surface area contributed by atoms with Crippen LogP contribution in [0.3, 0.4) is 0 Å². The van der Waals surface area contributed by atoms with Crippen molar-refractivity contribution >= 4 is 0 Å². The Hall–Kier alpha value is -2.21. The highest BCUT2D eigenvalue weighted by atomic mass is 14.9. The van der Waals surface area contributed by atoms with Crippen molar-refractivity contribution in [3.63, 3.8) is 0 Å². The molecule has 0 saturated heterocycles. The van der Waals surface area contributed by atoms with Gasteiger partial charge in [0, 0.05) is 11.8 Å². The molecule has 1 aromatic heterocycles. The maximum Gasteiger partial charge on any atom is 0.149 e. The van der Waals surface area contributed by atoms with Crippen LogP contribution >= 0.6 is 0 Å². The zero-order chi connectivity index (χ0) is 14.3. The Balaban J connectivity index is 2.13. The number of rotatable bonds is 2. The van der Waals surface area contributed by atoms with Crippen LogP contribution in [0.5, 0.6) is 0 Å². The lowest BCUT2D eigenvalue weighted by Gasteiger charge is -2.12. The molecule has 1 saturated carbocycles. The minimum atomic E-state index is -0.428. The lowest BCUT2D eigenvalue weighted by atomic mass is 9.97. The van der Waals surface area contributed by atoms with Gasteiger partial charge in [0.25, 0.3) is 0 Å². The molecular formula is C17H17N3. The summed E-state index contributed by atoms with van der Waals surface area (Å²) in [5.41, 5.74) is 5.35. The Labute approximate surface area is 119 Å². The summed E-state index contributed by atoms with van der Waals surface area (Å²) in [5, 5.41) is 9.29. The van der Waals surface area contributed by atoms with E-state index in [1.807, 2.05) is 6.07 Å². The van der Waals surface area contributed by atoms with E-state index in [-0.39, 0.29) is 0 Å². The van der Waals surface area contributed by atoms with E-state index in [1.165, 1.54) is 16.7 Å². The van der Waals surface area contributed by atoms with Gasteiger partial charge in [-0.2, -0.15) is 5.26 Å². The van der Waals surface area contributed by atoms with Crippen molar-refractivity contribution in [2.24, 2.45) is 0 Å². The second-order valence-electron chi connectivity index (χ2n) is 5.73. The minimum Gasteiger partial charge on any atom is -0.240 e. The summed E-state index contributed by atoms with van der Waals surface area (Å²) in [5.74, 6) is 0.678. The van der Waals surface area contributed by atoms with Crippen molar-refractivity contribution in [2.75, 3.05) is 0 Å². The molecule has 3 nitrogen and oxygen atoms in total. The van der Waals surface area contributed by atoms with Gasteiger partial charge in [0.2, 0.25) is 0 Å². The van der Waals surface area contributed by atoms with Gasteiger partial charge in [-0.15, -0.1) is 0 Å². The number of hydrogen-bond acceptors (Lipinski definition) is 3. The second kappa shape index (κ2) is 4.42. The summed E-state index contributed by atoms with van der Waals surface area (Å²) in [7, 11) is 0. The molecule has 1 fully saturated rings. The topological polar surface area (TPSA) is 49.6 Å². The number of aromatic nitrogens is 2. The average molecular weight is 263 g/mol. The third-order valence-electron chi connectivity index (χ3n) is 3.98. The monoisotopic (exact) mass is 263 g/mol. The Morgan fingerprint density at radius 1 is 1.15 bits per heavy atom. The predicted molar refractivity (Wildman–Crippen MR) is 78.2 cm³/mol. The normalized spacial score (nSPS) is 15.7. The van der Waals surface area contributed by atoms with Crippen LogP contribution in [-0.2, 0) is 5.41 Å². The summed E-state index contributed by atoms with van der Waals surface area (Å²) in [6, 6.07) is 8.63. The van der Waals surface area contributed by atoms with Crippen LogP contribution < -0.4 is 0 Å². The Morgan fingerprint density at radius 3 is 2.35 bits per heavy atom. The maximum absolute atomic E-state index is 9.29. The van der Waals surface area contributed by atoms with Gasteiger partial charge in [0.05, 0.1) is 11.8 Å². The molecule has 0 unspecified atom stereocenters. The van der Waals surface area contributed by atoms with Gasteiger partial charge in [-0.25, -0.2) is 9.97 Å². The van der Waals surface area contributed by atoms with Gasteiger partial charge in [-0.05, 0) is 50.8 Å². The first-order valence-electron chi connectivity index (χ1n) is 6.89. The molecule has 0 N–H and O–H groups in total. The van der Waals surface area contributed by atoms with Gasteiger partial charge in [0.15, 0.2) is 0 Å². The van der Waals surface area contributed by atoms with E-state index in [9.17, 15) is 5.26 Å². The quantitative estimate of drug-likeness (QED) is 0.831. The van der Waals surface area contributed by atoms with E-state index in [0.29, 0.717) is 5.82 Å². The molecule has 1 aliphatic rings. The molecule has 1 aromatic carbocycles. The van der Waals surface area contributed by atoms with Crippen LogP contribution in [0.15, 0.2) is 24.4 Å². The standard InChI is InChI=1S/C17H17N3/c1-11-8-12(2)15(13(3)9-11)14-4-7-19-16(20-14)17(10-18)5-6-17/h4,7-9H,5-6H2,1-3H3. The molecule has 0 atom stereocenters. The van der Waals surface area contributed by atoms with E-state index in [0.717, 1.165) is 24.1 Å². The highest BCUT2D eigenvalue weighted by Crippen LogP contribution is 2.46. The van der Waals surface area contributed by atoms with Crippen molar-refractivity contribution in [1.29, 1.82) is 5.26 Å². The van der Waals surface area contributed by atoms with Gasteiger partial charge in [-0.3, -0.25) is 0 Å². The smallest absolute Gasteiger partial charge is 0.149 e. The van der Waals surface area contributed by atoms with Gasteiger partial charge in [-0.1, -0.05) is 17.7 Å². The van der Waals surface area contributed by atoms with Crippen molar-refractivity contribution < 1.29 is 0 Å². The summed E-state index contributed by atoms with van der Waals surface area (Å²) in [6.07, 6.45) is 3.52. The summed E-state index contributed by atoms with van der Waals surface area (Å²) < 4.78 is 0. The SMILES string of the molecule is Cc1cc(C)c(-c2ccnc(C3(C#N)CC3)n2)c(C)c1. The number of hydrogen-bond donors (Lipinski definition) is 0. The molecule has 0 amide bonds. The van der Waals surface area contributed by atoms with Crippen molar-refractivity contribution in [1.82, 2.24) is 9.97 Å². The molecule has 100 valence electrons. The molecule has 2 aromatic rings. The van der Waals surface area contributed by atoms with Crippen LogP contribution in [0.4, 0.5) is 0 Å². The number of benzene rings is 1. The molecule has 3 heteroatoms. The van der Waals surface area contributed by atoms with Gasteiger partial charge >= 0.3 is 0 Å². The maximum atomic E-state index is 9.29. The Morgan fingerprint density at radius 2 is 1.80 bits per heavy atom. The molecule has 0 spiro atoms. The lowest BCUT2D eigenvalue weighted by Crippen LogP contribution is -2.09. The van der Waals surface area contributed by atoms with Crippen molar-refractivity contribution in [3.05, 3.63) is 46.9 Å². The number of nitrogens with zero attached hydrogens (tertiary/aromatic N) is 3. The summed E-state index contributed by atoms with van der Waals surface area (Å²) in [4.78, 5) is 8.98. The highest BCUT2D eigenvalue weighted by Gasteiger charge is 2.48. The van der Waals surface area contributed by atoms with Crippen LogP contribution in [0.25, 0.3) is 11.3 Å². The summed E-state index contributed by atoms with van der Waals surface area (Å²) >= 11 is 0. The van der Waals surface area contributed by atoms with Crippen LogP contribution in [-0.4, -0.2) is 9.97 Å². The second-order valence-corrected chi connectivity index (χ2v) is 5.73. The van der Waals surface area contributed by atoms with E-state index < -0.39 is 5.41 Å². The molecule has 0 aliphatic heterocycles. The molecule has 1 heterocycles. The third-order valence-corrected chi connectivity index (χ3v) is 3.98. The fraction of sp³-hybridized carbons (Fsp3) is 0.353. The fourth-order valence-corrected chi connectivity index (χ4v) is 2.82. The van der Waals surface area contributed by atoms with Gasteiger partial charge in [0.1, 0.15) is 11.2 Å². The van der Waals surface area contributed by atoms with E-state index in [4.69, 9.17) is 0 Å². The predicted octanol–water partition coefficient (Wildman–Crippen LogP) is 3.62. The molecule has 0 radical (unpaired) electrons. The Kier molecular flexibility index (Phi) is 2.83. The summed E-state index contributed by atoms with van der Waals surface area (Å²) in [6.45, 7) is 6.31. The van der Waals surface area contributed by atoms with Crippen LogP contribution in [0.1, 0.15) is 35.4 Å². The molecule has 3 rings (SSSR count).